The van der Waals surface area contributed by atoms with Gasteiger partial charge >= 0.3 is 0 Å². The van der Waals surface area contributed by atoms with Crippen LogP contribution in [0.25, 0.3) is 0 Å². The molecule has 0 radical (unpaired) electrons. The summed E-state index contributed by atoms with van der Waals surface area (Å²) in [5, 5.41) is 0. The molecular weight excluding hydrogens is 248 g/mol. The van der Waals surface area contributed by atoms with E-state index < -0.39 is 0 Å². The molecule has 0 saturated carbocycles. The molecule has 4 heteroatoms. The fraction of sp³-hybridized carbons (Fsp3) is 0.312. The minimum Gasteiger partial charge on any atom is -0.399 e. The molecule has 2 N–H and O–H groups in total. The SMILES string of the molecule is Nc1cccc(CN2CCN(c3ccccn3)CC2)c1. The van der Waals surface area contributed by atoms with Crippen LogP contribution in [0.1, 0.15) is 5.56 Å². The Morgan fingerprint density at radius 3 is 2.55 bits per heavy atom. The standard InChI is InChI=1S/C16H20N4/c17-15-5-3-4-14(12-15)13-19-8-10-20(11-9-19)16-6-1-2-7-18-16/h1-7,12H,8-11,13,17H2. The number of nitrogen functional groups attached to an aromatic ring is 1. The Bertz CT molecular complexity index is 547. The third-order valence-corrected chi connectivity index (χ3v) is 3.70. The van der Waals surface area contributed by atoms with E-state index in [4.69, 9.17) is 5.73 Å². The first-order chi connectivity index (χ1) is 9.81. The van der Waals surface area contributed by atoms with E-state index in [-0.39, 0.29) is 0 Å². The highest BCUT2D eigenvalue weighted by atomic mass is 15.3. The molecule has 1 aliphatic heterocycles. The zero-order valence-corrected chi connectivity index (χ0v) is 11.6. The molecule has 1 aliphatic rings. The first-order valence-electron chi connectivity index (χ1n) is 7.04. The lowest BCUT2D eigenvalue weighted by Crippen LogP contribution is -2.46. The van der Waals surface area contributed by atoms with Crippen LogP contribution in [0, 0.1) is 0 Å². The minimum atomic E-state index is 0.842. The van der Waals surface area contributed by atoms with Gasteiger partial charge < -0.3 is 10.6 Å². The zero-order valence-electron chi connectivity index (χ0n) is 11.6. The van der Waals surface area contributed by atoms with Crippen LogP contribution < -0.4 is 10.6 Å². The maximum absolute atomic E-state index is 5.83. The zero-order chi connectivity index (χ0) is 13.8. The summed E-state index contributed by atoms with van der Waals surface area (Å²) in [5.74, 6) is 1.08. The molecule has 2 heterocycles. The molecule has 104 valence electrons. The number of pyridine rings is 1. The maximum atomic E-state index is 5.83. The van der Waals surface area contributed by atoms with E-state index in [2.05, 4.69) is 33.0 Å². The second-order valence-electron chi connectivity index (χ2n) is 5.20. The number of rotatable bonds is 3. The van der Waals surface area contributed by atoms with Crippen molar-refractivity contribution in [1.29, 1.82) is 0 Å². The Labute approximate surface area is 119 Å². The summed E-state index contributed by atoms with van der Waals surface area (Å²) < 4.78 is 0. The van der Waals surface area contributed by atoms with Crippen molar-refractivity contribution in [3.8, 4) is 0 Å². The lowest BCUT2D eigenvalue weighted by Gasteiger charge is -2.35. The van der Waals surface area contributed by atoms with Gasteiger partial charge in [-0.1, -0.05) is 18.2 Å². The van der Waals surface area contributed by atoms with Gasteiger partial charge in [-0.2, -0.15) is 0 Å². The van der Waals surface area contributed by atoms with Crippen molar-refractivity contribution >= 4 is 11.5 Å². The number of anilines is 2. The van der Waals surface area contributed by atoms with Gasteiger partial charge in [0.2, 0.25) is 0 Å². The molecule has 1 fully saturated rings. The molecule has 2 aromatic rings. The van der Waals surface area contributed by atoms with E-state index in [9.17, 15) is 0 Å². The molecule has 0 unspecified atom stereocenters. The predicted molar refractivity (Wildman–Crippen MR) is 82.6 cm³/mol. The number of hydrogen-bond donors (Lipinski definition) is 1. The van der Waals surface area contributed by atoms with Gasteiger partial charge in [0.15, 0.2) is 0 Å². The molecule has 4 nitrogen and oxygen atoms in total. The fourth-order valence-electron chi connectivity index (χ4n) is 2.63. The van der Waals surface area contributed by atoms with E-state index in [1.165, 1.54) is 5.56 Å². The van der Waals surface area contributed by atoms with Crippen molar-refractivity contribution in [3.63, 3.8) is 0 Å². The number of hydrogen-bond acceptors (Lipinski definition) is 4. The van der Waals surface area contributed by atoms with Gasteiger partial charge in [0.05, 0.1) is 0 Å². The summed E-state index contributed by atoms with van der Waals surface area (Å²) in [5.41, 5.74) is 7.96. The highest BCUT2D eigenvalue weighted by molar-refractivity contribution is 5.41. The van der Waals surface area contributed by atoms with Crippen molar-refractivity contribution in [1.82, 2.24) is 9.88 Å². The van der Waals surface area contributed by atoms with Crippen LogP contribution in [0.4, 0.5) is 11.5 Å². The third kappa shape index (κ3) is 3.08. The second-order valence-corrected chi connectivity index (χ2v) is 5.20. The van der Waals surface area contributed by atoms with Gasteiger partial charge in [-0.3, -0.25) is 4.90 Å². The van der Waals surface area contributed by atoms with Gasteiger partial charge in [-0.15, -0.1) is 0 Å². The van der Waals surface area contributed by atoms with E-state index >= 15 is 0 Å². The number of nitrogens with zero attached hydrogens (tertiary/aromatic N) is 3. The van der Waals surface area contributed by atoms with Crippen LogP contribution in [0.2, 0.25) is 0 Å². The Morgan fingerprint density at radius 1 is 1.00 bits per heavy atom. The molecule has 0 bridgehead atoms. The Morgan fingerprint density at radius 2 is 1.85 bits per heavy atom. The molecule has 20 heavy (non-hydrogen) atoms. The number of aromatic nitrogens is 1. The molecule has 1 aromatic heterocycles. The van der Waals surface area contributed by atoms with Crippen LogP contribution in [-0.2, 0) is 6.54 Å². The minimum absolute atomic E-state index is 0.842. The topological polar surface area (TPSA) is 45.4 Å². The smallest absolute Gasteiger partial charge is 0.128 e. The van der Waals surface area contributed by atoms with Crippen molar-refractivity contribution in [3.05, 3.63) is 54.2 Å². The molecule has 1 aromatic carbocycles. The van der Waals surface area contributed by atoms with E-state index in [1.807, 2.05) is 30.5 Å². The average Bonchev–Trinajstić information content (AvgIpc) is 2.49. The molecule has 0 atom stereocenters. The van der Waals surface area contributed by atoms with E-state index in [0.717, 1.165) is 44.2 Å². The van der Waals surface area contributed by atoms with Crippen molar-refractivity contribution < 1.29 is 0 Å². The highest BCUT2D eigenvalue weighted by Gasteiger charge is 2.17. The van der Waals surface area contributed by atoms with Gasteiger partial charge in [-0.25, -0.2) is 4.98 Å². The first-order valence-corrected chi connectivity index (χ1v) is 7.04. The van der Waals surface area contributed by atoms with Gasteiger partial charge in [0.25, 0.3) is 0 Å². The van der Waals surface area contributed by atoms with Crippen molar-refractivity contribution in [2.24, 2.45) is 0 Å². The molecule has 0 aliphatic carbocycles. The first kappa shape index (κ1) is 12.9. The van der Waals surface area contributed by atoms with Gasteiger partial charge in [0.1, 0.15) is 5.82 Å². The van der Waals surface area contributed by atoms with Crippen LogP contribution >= 0.6 is 0 Å². The van der Waals surface area contributed by atoms with Crippen LogP contribution in [0.3, 0.4) is 0 Å². The fourth-order valence-corrected chi connectivity index (χ4v) is 2.63. The Hall–Kier alpha value is -2.07. The molecule has 0 spiro atoms. The normalized spacial score (nSPS) is 16.3. The monoisotopic (exact) mass is 268 g/mol. The van der Waals surface area contributed by atoms with Crippen LogP contribution in [0.5, 0.6) is 0 Å². The Balaban J connectivity index is 1.56. The second kappa shape index (κ2) is 5.92. The summed E-state index contributed by atoms with van der Waals surface area (Å²) in [4.78, 5) is 9.22. The lowest BCUT2D eigenvalue weighted by molar-refractivity contribution is 0.249. The lowest BCUT2D eigenvalue weighted by atomic mass is 10.2. The number of nitrogens with two attached hydrogens (primary N) is 1. The maximum Gasteiger partial charge on any atom is 0.128 e. The molecule has 1 saturated heterocycles. The third-order valence-electron chi connectivity index (χ3n) is 3.70. The average molecular weight is 268 g/mol. The molecule has 3 rings (SSSR count). The quantitative estimate of drug-likeness (QED) is 0.865. The predicted octanol–water partition coefficient (Wildman–Crippen LogP) is 1.99. The van der Waals surface area contributed by atoms with Gasteiger partial charge in [-0.05, 0) is 29.8 Å². The largest absolute Gasteiger partial charge is 0.399 e. The number of piperazine rings is 1. The molecule has 0 amide bonds. The summed E-state index contributed by atoms with van der Waals surface area (Å²) in [6.07, 6.45) is 1.86. The highest BCUT2D eigenvalue weighted by Crippen LogP contribution is 2.15. The van der Waals surface area contributed by atoms with Crippen LogP contribution in [-0.4, -0.2) is 36.1 Å². The van der Waals surface area contributed by atoms with Gasteiger partial charge in [0, 0.05) is 44.6 Å². The summed E-state index contributed by atoms with van der Waals surface area (Å²) >= 11 is 0. The summed E-state index contributed by atoms with van der Waals surface area (Å²) in [6, 6.07) is 14.2. The number of benzene rings is 1. The Kier molecular flexibility index (Phi) is 3.83. The van der Waals surface area contributed by atoms with Crippen LogP contribution in [0.15, 0.2) is 48.7 Å². The summed E-state index contributed by atoms with van der Waals surface area (Å²) in [7, 11) is 0. The van der Waals surface area contributed by atoms with Crippen molar-refractivity contribution in [2.75, 3.05) is 36.8 Å². The van der Waals surface area contributed by atoms with E-state index in [1.54, 1.807) is 0 Å². The van der Waals surface area contributed by atoms with E-state index in [0.29, 0.717) is 0 Å². The molecular formula is C16H20N4. The summed E-state index contributed by atoms with van der Waals surface area (Å²) in [6.45, 7) is 5.15. The van der Waals surface area contributed by atoms with Crippen molar-refractivity contribution in [2.45, 2.75) is 6.54 Å².